The third-order valence-electron chi connectivity index (χ3n) is 4.60. The molecule has 1 amide bonds. The quantitative estimate of drug-likeness (QED) is 0.646. The highest BCUT2D eigenvalue weighted by Gasteiger charge is 2.31. The van der Waals surface area contributed by atoms with Gasteiger partial charge < -0.3 is 20.1 Å². The predicted molar refractivity (Wildman–Crippen MR) is 114 cm³/mol. The van der Waals surface area contributed by atoms with Crippen molar-refractivity contribution in [3.63, 3.8) is 0 Å². The summed E-state index contributed by atoms with van der Waals surface area (Å²) in [5, 5.41) is 12.2. The molecule has 1 aromatic rings. The van der Waals surface area contributed by atoms with Crippen LogP contribution in [0, 0.1) is 0 Å². The highest BCUT2D eigenvalue weighted by atomic mass is 79.9. The minimum absolute atomic E-state index is 0.0242. The van der Waals surface area contributed by atoms with Crippen molar-refractivity contribution >= 4 is 33.5 Å². The second kappa shape index (κ2) is 10.3. The number of rotatable bonds is 7. The lowest BCUT2D eigenvalue weighted by atomic mass is 9.95. The molecule has 1 aliphatic heterocycles. The van der Waals surface area contributed by atoms with E-state index in [-0.39, 0.29) is 30.9 Å². The lowest BCUT2D eigenvalue weighted by Gasteiger charge is -2.36. The molecule has 0 saturated carbocycles. The zero-order valence-corrected chi connectivity index (χ0v) is 18.5. The van der Waals surface area contributed by atoms with Crippen LogP contribution in [-0.2, 0) is 16.0 Å². The van der Waals surface area contributed by atoms with E-state index in [4.69, 9.17) is 9.84 Å². The van der Waals surface area contributed by atoms with Crippen LogP contribution >= 0.6 is 15.9 Å². The number of likely N-dealkylation sites (tertiary alicyclic amines) is 1. The topological polar surface area (TPSA) is 78.9 Å². The number of nitrogens with zero attached hydrogens (tertiary/aromatic N) is 1. The van der Waals surface area contributed by atoms with Gasteiger partial charge in [0.05, 0.1) is 6.61 Å². The van der Waals surface area contributed by atoms with Gasteiger partial charge in [-0.1, -0.05) is 15.9 Å². The van der Waals surface area contributed by atoms with Crippen LogP contribution < -0.4 is 5.32 Å². The number of aliphatic hydroxyl groups is 1. The van der Waals surface area contributed by atoms with Crippen molar-refractivity contribution in [2.24, 2.45) is 0 Å². The zero-order chi connectivity index (χ0) is 20.7. The molecule has 7 heteroatoms. The van der Waals surface area contributed by atoms with Gasteiger partial charge in [0.25, 0.3) is 0 Å². The van der Waals surface area contributed by atoms with Gasteiger partial charge in [-0.05, 0) is 63.8 Å². The van der Waals surface area contributed by atoms with Crippen LogP contribution in [0.2, 0.25) is 0 Å². The fourth-order valence-corrected chi connectivity index (χ4v) is 3.80. The number of anilines is 1. The lowest BCUT2D eigenvalue weighted by molar-refractivity contribution is -0.119. The van der Waals surface area contributed by atoms with E-state index < -0.39 is 5.60 Å². The van der Waals surface area contributed by atoms with Crippen LogP contribution in [-0.4, -0.2) is 53.2 Å². The number of hydrogen-bond donors (Lipinski definition) is 2. The number of Topliss-reactive ketones (excluding diaryl/α,β-unsaturated/α-hetero) is 1. The molecule has 0 aromatic heterocycles. The highest BCUT2D eigenvalue weighted by molar-refractivity contribution is 9.10. The summed E-state index contributed by atoms with van der Waals surface area (Å²) in [6.07, 6.45) is 3.04. The summed E-state index contributed by atoms with van der Waals surface area (Å²) >= 11 is 3.45. The van der Waals surface area contributed by atoms with Gasteiger partial charge in [0.15, 0.2) is 0 Å². The molecule has 28 heavy (non-hydrogen) atoms. The summed E-state index contributed by atoms with van der Waals surface area (Å²) in [6.45, 7) is 6.64. The molecule has 1 aromatic carbocycles. The Morgan fingerprint density at radius 3 is 2.75 bits per heavy atom. The molecule has 0 radical (unpaired) electrons. The first kappa shape index (κ1) is 22.7. The second-order valence-electron chi connectivity index (χ2n) is 8.19. The van der Waals surface area contributed by atoms with E-state index in [1.807, 2.05) is 39.0 Å². The number of aliphatic hydroxyl groups excluding tert-OH is 1. The Morgan fingerprint density at radius 2 is 2.07 bits per heavy atom. The molecule has 0 bridgehead atoms. The summed E-state index contributed by atoms with van der Waals surface area (Å²) in [4.78, 5) is 27.1. The Labute approximate surface area is 175 Å². The number of amides is 1. The smallest absolute Gasteiger partial charge is 0.410 e. The first-order chi connectivity index (χ1) is 13.2. The SMILES string of the molecule is CC(C)(C)OC(=O)N1CCCCC1CC(=O)Cc1cc(Br)ccc1NCCO. The minimum Gasteiger partial charge on any atom is -0.444 e. The average Bonchev–Trinajstić information content (AvgIpc) is 2.60. The van der Waals surface area contributed by atoms with E-state index in [2.05, 4.69) is 21.2 Å². The number of benzene rings is 1. The normalized spacial score (nSPS) is 17.3. The van der Waals surface area contributed by atoms with E-state index in [9.17, 15) is 9.59 Å². The number of carbonyl (C=O) groups excluding carboxylic acids is 2. The first-order valence-electron chi connectivity index (χ1n) is 9.84. The van der Waals surface area contributed by atoms with Gasteiger partial charge >= 0.3 is 6.09 Å². The molecular formula is C21H31BrN2O4. The van der Waals surface area contributed by atoms with Gasteiger partial charge in [0.1, 0.15) is 11.4 Å². The van der Waals surface area contributed by atoms with Crippen molar-refractivity contribution in [3.8, 4) is 0 Å². The molecule has 1 fully saturated rings. The molecule has 0 spiro atoms. The van der Waals surface area contributed by atoms with E-state index in [1.54, 1.807) is 4.90 Å². The summed E-state index contributed by atoms with van der Waals surface area (Å²) in [7, 11) is 0. The maximum atomic E-state index is 12.8. The molecular weight excluding hydrogens is 424 g/mol. The van der Waals surface area contributed by atoms with Crippen LogP contribution in [0.25, 0.3) is 0 Å². The van der Waals surface area contributed by atoms with Gasteiger partial charge in [0.2, 0.25) is 0 Å². The summed E-state index contributed by atoms with van der Waals surface area (Å²) in [5.41, 5.74) is 1.18. The number of hydrogen-bond acceptors (Lipinski definition) is 5. The molecule has 1 atom stereocenters. The van der Waals surface area contributed by atoms with Crippen LogP contribution in [0.5, 0.6) is 0 Å². The van der Waals surface area contributed by atoms with Crippen LogP contribution in [0.3, 0.4) is 0 Å². The number of carbonyl (C=O) groups is 2. The van der Waals surface area contributed by atoms with Crippen LogP contribution in [0.15, 0.2) is 22.7 Å². The molecule has 6 nitrogen and oxygen atoms in total. The molecule has 1 saturated heterocycles. The minimum atomic E-state index is -0.549. The molecule has 1 aliphatic rings. The summed E-state index contributed by atoms with van der Waals surface area (Å²) in [6, 6.07) is 5.61. The van der Waals surface area contributed by atoms with Crippen molar-refractivity contribution in [1.29, 1.82) is 0 Å². The summed E-state index contributed by atoms with van der Waals surface area (Å²) in [5.74, 6) is 0.0885. The van der Waals surface area contributed by atoms with Gasteiger partial charge in [0, 0.05) is 42.1 Å². The van der Waals surface area contributed by atoms with E-state index in [0.29, 0.717) is 19.5 Å². The number of ketones is 1. The van der Waals surface area contributed by atoms with Gasteiger partial charge in [-0.15, -0.1) is 0 Å². The number of halogens is 1. The molecule has 1 unspecified atom stereocenters. The maximum absolute atomic E-state index is 12.8. The van der Waals surface area contributed by atoms with Crippen LogP contribution in [0.4, 0.5) is 10.5 Å². The van der Waals surface area contributed by atoms with Crippen LogP contribution in [0.1, 0.15) is 52.0 Å². The summed E-state index contributed by atoms with van der Waals surface area (Å²) < 4.78 is 6.42. The Hall–Kier alpha value is -1.60. The first-order valence-corrected chi connectivity index (χ1v) is 10.6. The van der Waals surface area contributed by atoms with E-state index >= 15 is 0 Å². The van der Waals surface area contributed by atoms with Crippen molar-refractivity contribution in [2.45, 2.75) is 64.5 Å². The fourth-order valence-electron chi connectivity index (χ4n) is 3.39. The Balaban J connectivity index is 2.04. The van der Waals surface area contributed by atoms with E-state index in [1.165, 1.54) is 0 Å². The molecule has 2 rings (SSSR count). The molecule has 0 aliphatic carbocycles. The number of nitrogens with one attached hydrogen (secondary N) is 1. The third-order valence-corrected chi connectivity index (χ3v) is 5.09. The molecule has 156 valence electrons. The van der Waals surface area contributed by atoms with Crippen molar-refractivity contribution in [3.05, 3.63) is 28.2 Å². The largest absolute Gasteiger partial charge is 0.444 e. The van der Waals surface area contributed by atoms with Gasteiger partial charge in [-0.25, -0.2) is 4.79 Å². The predicted octanol–water partition coefficient (Wildman–Crippen LogP) is 4.14. The zero-order valence-electron chi connectivity index (χ0n) is 17.0. The standard InChI is InChI=1S/C21H31BrN2O4/c1-21(2,3)28-20(27)24-10-5-4-6-17(24)14-18(26)13-15-12-16(22)7-8-19(15)23-9-11-25/h7-8,12,17,23,25H,4-6,9-11,13-14H2,1-3H3. The molecule has 2 N–H and O–H groups in total. The van der Waals surface area contributed by atoms with Gasteiger partial charge in [-0.3, -0.25) is 4.79 Å². The monoisotopic (exact) mass is 454 g/mol. The molecule has 1 heterocycles. The Kier molecular flexibility index (Phi) is 8.31. The number of ether oxygens (including phenoxy) is 1. The Morgan fingerprint density at radius 1 is 1.32 bits per heavy atom. The number of piperidine rings is 1. The average molecular weight is 455 g/mol. The highest BCUT2D eigenvalue weighted by Crippen LogP contribution is 2.25. The fraction of sp³-hybridized carbons (Fsp3) is 0.619. The van der Waals surface area contributed by atoms with E-state index in [0.717, 1.165) is 35.0 Å². The lowest BCUT2D eigenvalue weighted by Crippen LogP contribution is -2.47. The second-order valence-corrected chi connectivity index (χ2v) is 9.11. The van der Waals surface area contributed by atoms with Crippen molar-refractivity contribution < 1.29 is 19.4 Å². The Bertz CT molecular complexity index is 687. The van der Waals surface area contributed by atoms with Crippen molar-refractivity contribution in [2.75, 3.05) is 25.0 Å². The van der Waals surface area contributed by atoms with Gasteiger partial charge in [-0.2, -0.15) is 0 Å². The van der Waals surface area contributed by atoms with Crippen molar-refractivity contribution in [1.82, 2.24) is 4.90 Å². The third kappa shape index (κ3) is 7.09. The maximum Gasteiger partial charge on any atom is 0.410 e.